The largest absolute Gasteiger partial charge is 0.490 e. The first-order valence-electron chi connectivity index (χ1n) is 5.89. The van der Waals surface area contributed by atoms with E-state index in [4.69, 9.17) is 10.0 Å². The summed E-state index contributed by atoms with van der Waals surface area (Å²) in [7, 11) is -1.44. The van der Waals surface area contributed by atoms with Crippen molar-refractivity contribution in [2.75, 3.05) is 24.7 Å². The minimum Gasteiger partial charge on any atom is -0.423 e. The van der Waals surface area contributed by atoms with Gasteiger partial charge in [0.1, 0.15) is 5.82 Å². The molecule has 5 nitrogen and oxygen atoms in total. The van der Waals surface area contributed by atoms with E-state index in [1.807, 2.05) is 6.07 Å². The summed E-state index contributed by atoms with van der Waals surface area (Å²) in [6.45, 7) is 7.26. The molecule has 1 aromatic heterocycles. The number of hydrogen-bond donors (Lipinski definition) is 2. The first-order valence-corrected chi connectivity index (χ1v) is 5.89. The first-order chi connectivity index (χ1) is 8.08. The maximum Gasteiger partial charge on any atom is 0.490 e. The predicted octanol–water partition coefficient (Wildman–Crippen LogP) is -0.751. The van der Waals surface area contributed by atoms with E-state index in [2.05, 4.69) is 28.6 Å². The van der Waals surface area contributed by atoms with Crippen LogP contribution < -0.4 is 10.4 Å². The maximum atomic E-state index is 8.99. The van der Waals surface area contributed by atoms with Crippen molar-refractivity contribution in [3.8, 4) is 0 Å². The zero-order valence-electron chi connectivity index (χ0n) is 10.2. The Labute approximate surface area is 102 Å². The molecule has 2 heterocycles. The molecule has 0 unspecified atom stereocenters. The van der Waals surface area contributed by atoms with Crippen LogP contribution in [0.3, 0.4) is 0 Å². The molecular weight excluding hydrogens is 217 g/mol. The highest BCUT2D eigenvalue weighted by Crippen LogP contribution is 2.15. The lowest BCUT2D eigenvalue weighted by molar-refractivity contribution is 0.278. The number of aromatic nitrogens is 1. The van der Waals surface area contributed by atoms with Crippen LogP contribution in [0.25, 0.3) is 0 Å². The van der Waals surface area contributed by atoms with Crippen LogP contribution in [0.2, 0.25) is 0 Å². The Kier molecular flexibility index (Phi) is 3.66. The molecule has 92 valence electrons. The second kappa shape index (κ2) is 5.04. The van der Waals surface area contributed by atoms with Gasteiger partial charge >= 0.3 is 7.12 Å². The van der Waals surface area contributed by atoms with Crippen LogP contribution >= 0.6 is 0 Å². The molecule has 0 aromatic carbocycles. The fourth-order valence-corrected chi connectivity index (χ4v) is 1.96. The minimum absolute atomic E-state index is 0.425. The highest BCUT2D eigenvalue weighted by molar-refractivity contribution is 6.58. The van der Waals surface area contributed by atoms with Gasteiger partial charge in [0, 0.05) is 30.8 Å². The van der Waals surface area contributed by atoms with E-state index in [0.717, 1.165) is 25.6 Å². The van der Waals surface area contributed by atoms with Gasteiger partial charge in [0.05, 0.1) is 6.67 Å². The van der Waals surface area contributed by atoms with Crippen LogP contribution in [-0.2, 0) is 0 Å². The molecule has 1 fully saturated rings. The molecule has 6 heteroatoms. The Morgan fingerprint density at radius 2 is 2.06 bits per heavy atom. The number of anilines is 1. The van der Waals surface area contributed by atoms with E-state index >= 15 is 0 Å². The number of rotatable bonds is 3. The molecule has 0 spiro atoms. The van der Waals surface area contributed by atoms with Gasteiger partial charge in [-0.1, -0.05) is 6.07 Å². The summed E-state index contributed by atoms with van der Waals surface area (Å²) >= 11 is 0. The third kappa shape index (κ3) is 2.77. The SMILES string of the molecule is CC(C)N1CCN(c2ccc(B(O)O)cn2)C1. The van der Waals surface area contributed by atoms with E-state index in [-0.39, 0.29) is 0 Å². The summed E-state index contributed by atoms with van der Waals surface area (Å²) in [6, 6.07) is 4.07. The predicted molar refractivity (Wildman–Crippen MR) is 68.1 cm³/mol. The number of pyridine rings is 1. The standard InChI is InChI=1S/C11H18BN3O2/c1-9(2)14-5-6-15(8-14)11-4-3-10(7-13-11)12(16)17/h3-4,7,9,16-17H,5-6,8H2,1-2H3. The van der Waals surface area contributed by atoms with Gasteiger partial charge in [-0.2, -0.15) is 0 Å². The molecule has 1 aliphatic rings. The van der Waals surface area contributed by atoms with E-state index in [9.17, 15) is 0 Å². The highest BCUT2D eigenvalue weighted by Gasteiger charge is 2.23. The molecule has 0 aliphatic carbocycles. The van der Waals surface area contributed by atoms with E-state index < -0.39 is 7.12 Å². The molecule has 2 rings (SSSR count). The van der Waals surface area contributed by atoms with Crippen molar-refractivity contribution in [1.82, 2.24) is 9.88 Å². The minimum atomic E-state index is -1.44. The summed E-state index contributed by atoms with van der Waals surface area (Å²) in [5.41, 5.74) is 0.425. The molecule has 2 N–H and O–H groups in total. The third-order valence-electron chi connectivity index (χ3n) is 3.13. The molecule has 0 atom stereocenters. The molecule has 1 saturated heterocycles. The normalized spacial score (nSPS) is 16.9. The van der Waals surface area contributed by atoms with Crippen LogP contribution in [0, 0.1) is 0 Å². The van der Waals surface area contributed by atoms with Gasteiger partial charge in [-0.25, -0.2) is 4.98 Å². The first kappa shape index (κ1) is 12.4. The van der Waals surface area contributed by atoms with Crippen molar-refractivity contribution in [3.05, 3.63) is 18.3 Å². The Hall–Kier alpha value is -1.11. The lowest BCUT2D eigenvalue weighted by atomic mass is 9.82. The summed E-state index contributed by atoms with van der Waals surface area (Å²) in [4.78, 5) is 8.81. The Balaban J connectivity index is 2.04. The van der Waals surface area contributed by atoms with Gasteiger partial charge < -0.3 is 14.9 Å². The summed E-state index contributed by atoms with van der Waals surface area (Å²) < 4.78 is 0. The van der Waals surface area contributed by atoms with Gasteiger partial charge in [-0.15, -0.1) is 0 Å². The third-order valence-corrected chi connectivity index (χ3v) is 3.13. The number of nitrogens with zero attached hydrogens (tertiary/aromatic N) is 3. The van der Waals surface area contributed by atoms with Crippen molar-refractivity contribution < 1.29 is 10.0 Å². The van der Waals surface area contributed by atoms with E-state index in [1.165, 1.54) is 6.20 Å². The van der Waals surface area contributed by atoms with Crippen LogP contribution in [0.4, 0.5) is 5.82 Å². The average molecular weight is 235 g/mol. The quantitative estimate of drug-likeness (QED) is 0.675. The molecule has 17 heavy (non-hydrogen) atoms. The lowest BCUT2D eigenvalue weighted by Gasteiger charge is -2.21. The molecular formula is C11H18BN3O2. The van der Waals surface area contributed by atoms with E-state index in [0.29, 0.717) is 11.5 Å². The second-order valence-corrected chi connectivity index (χ2v) is 4.63. The fourth-order valence-electron chi connectivity index (χ4n) is 1.96. The second-order valence-electron chi connectivity index (χ2n) is 4.63. The Morgan fingerprint density at radius 3 is 2.53 bits per heavy atom. The topological polar surface area (TPSA) is 59.8 Å². The van der Waals surface area contributed by atoms with Gasteiger partial charge in [-0.05, 0) is 19.9 Å². The van der Waals surface area contributed by atoms with Gasteiger partial charge in [0.2, 0.25) is 0 Å². The zero-order valence-corrected chi connectivity index (χ0v) is 10.2. The van der Waals surface area contributed by atoms with Crippen molar-refractivity contribution in [1.29, 1.82) is 0 Å². The molecule has 0 bridgehead atoms. The van der Waals surface area contributed by atoms with Crippen molar-refractivity contribution in [2.45, 2.75) is 19.9 Å². The van der Waals surface area contributed by atoms with Gasteiger partial charge in [0.15, 0.2) is 0 Å². The summed E-state index contributed by atoms with van der Waals surface area (Å²) in [5, 5.41) is 18.0. The van der Waals surface area contributed by atoms with Crippen LogP contribution in [-0.4, -0.2) is 52.9 Å². The fraction of sp³-hybridized carbons (Fsp3) is 0.545. The van der Waals surface area contributed by atoms with Crippen molar-refractivity contribution in [3.63, 3.8) is 0 Å². The summed E-state index contributed by atoms with van der Waals surface area (Å²) in [6.07, 6.45) is 1.51. The highest BCUT2D eigenvalue weighted by atomic mass is 16.4. The van der Waals surface area contributed by atoms with Crippen molar-refractivity contribution >= 4 is 18.4 Å². The summed E-state index contributed by atoms with van der Waals surface area (Å²) in [5.74, 6) is 0.887. The smallest absolute Gasteiger partial charge is 0.423 e. The van der Waals surface area contributed by atoms with Gasteiger partial charge in [0.25, 0.3) is 0 Å². The van der Waals surface area contributed by atoms with Gasteiger partial charge in [-0.3, -0.25) is 4.90 Å². The van der Waals surface area contributed by atoms with E-state index in [1.54, 1.807) is 6.07 Å². The van der Waals surface area contributed by atoms with Crippen LogP contribution in [0.15, 0.2) is 18.3 Å². The number of hydrogen-bond acceptors (Lipinski definition) is 5. The van der Waals surface area contributed by atoms with Crippen molar-refractivity contribution in [2.24, 2.45) is 0 Å². The molecule has 1 aliphatic heterocycles. The Bertz CT molecular complexity index is 369. The maximum absolute atomic E-state index is 8.99. The average Bonchev–Trinajstić information content (AvgIpc) is 2.78. The zero-order chi connectivity index (χ0) is 12.4. The lowest BCUT2D eigenvalue weighted by Crippen LogP contribution is -2.32. The molecule has 1 aromatic rings. The molecule has 0 saturated carbocycles. The van der Waals surface area contributed by atoms with Crippen LogP contribution in [0.5, 0.6) is 0 Å². The monoisotopic (exact) mass is 235 g/mol. The molecule has 0 amide bonds. The molecule has 0 radical (unpaired) electrons. The van der Waals surface area contributed by atoms with Crippen LogP contribution in [0.1, 0.15) is 13.8 Å². The Morgan fingerprint density at radius 1 is 1.29 bits per heavy atom.